The predicted octanol–water partition coefficient (Wildman–Crippen LogP) is 1.32. The van der Waals surface area contributed by atoms with Gasteiger partial charge in [-0.25, -0.2) is 0 Å². The van der Waals surface area contributed by atoms with Crippen molar-refractivity contribution in [3.05, 3.63) is 23.4 Å². The number of nitriles is 2. The molecule has 102 valence electrons. The standard InChI is InChI=1S/C14H16BN3O2/c1-13(2)14(3,4)20-15(19-13)12-11(9-17)10(5-7-16)6-8-18-12/h6,8H,5H2,1-4H3. The van der Waals surface area contributed by atoms with Gasteiger partial charge in [-0.3, -0.25) is 4.98 Å². The zero-order valence-electron chi connectivity index (χ0n) is 12.1. The Balaban J connectivity index is 2.44. The molecule has 6 heteroatoms. The van der Waals surface area contributed by atoms with Crippen LogP contribution in [0.4, 0.5) is 0 Å². The van der Waals surface area contributed by atoms with Gasteiger partial charge >= 0.3 is 7.12 Å². The van der Waals surface area contributed by atoms with Crippen LogP contribution < -0.4 is 5.59 Å². The summed E-state index contributed by atoms with van der Waals surface area (Å²) in [6.45, 7) is 7.77. The molecule has 0 spiro atoms. The fourth-order valence-electron chi connectivity index (χ4n) is 2.01. The van der Waals surface area contributed by atoms with Gasteiger partial charge in [0.05, 0.1) is 34.8 Å². The SMILES string of the molecule is CC1(C)OB(c2nccc(CC#N)c2C#N)OC1(C)C. The quantitative estimate of drug-likeness (QED) is 0.756. The Bertz CT molecular complexity index is 598. The van der Waals surface area contributed by atoms with E-state index in [1.54, 1.807) is 12.3 Å². The van der Waals surface area contributed by atoms with Gasteiger partial charge in [-0.05, 0) is 39.3 Å². The van der Waals surface area contributed by atoms with Crippen molar-refractivity contribution in [2.45, 2.75) is 45.3 Å². The van der Waals surface area contributed by atoms with E-state index < -0.39 is 18.3 Å². The number of hydrogen-bond acceptors (Lipinski definition) is 5. The Kier molecular flexibility index (Phi) is 3.56. The monoisotopic (exact) mass is 269 g/mol. The molecular formula is C14H16BN3O2. The summed E-state index contributed by atoms with van der Waals surface area (Å²) in [4.78, 5) is 4.22. The van der Waals surface area contributed by atoms with Gasteiger partial charge in [0.15, 0.2) is 0 Å². The average Bonchev–Trinajstić information content (AvgIpc) is 2.58. The van der Waals surface area contributed by atoms with Crippen molar-refractivity contribution >= 4 is 12.7 Å². The van der Waals surface area contributed by atoms with Gasteiger partial charge in [-0.15, -0.1) is 0 Å². The Morgan fingerprint density at radius 1 is 1.20 bits per heavy atom. The minimum atomic E-state index is -0.687. The number of aromatic nitrogens is 1. The zero-order chi connectivity index (χ0) is 15.0. The Labute approximate surface area is 119 Å². The van der Waals surface area contributed by atoms with Crippen LogP contribution in [-0.2, 0) is 15.7 Å². The first kappa shape index (κ1) is 14.5. The van der Waals surface area contributed by atoms with Crippen LogP contribution in [0.15, 0.2) is 12.3 Å². The van der Waals surface area contributed by atoms with Gasteiger partial charge in [0.2, 0.25) is 0 Å². The van der Waals surface area contributed by atoms with Gasteiger partial charge in [-0.1, -0.05) is 0 Å². The first-order valence-corrected chi connectivity index (χ1v) is 6.43. The normalized spacial score (nSPS) is 19.4. The first-order valence-electron chi connectivity index (χ1n) is 6.43. The lowest BCUT2D eigenvalue weighted by Gasteiger charge is -2.32. The molecule has 0 bridgehead atoms. The maximum Gasteiger partial charge on any atom is 0.515 e. The van der Waals surface area contributed by atoms with E-state index in [0.29, 0.717) is 16.7 Å². The minimum Gasteiger partial charge on any atom is -0.398 e. The smallest absolute Gasteiger partial charge is 0.398 e. The molecule has 1 aromatic rings. The third kappa shape index (κ3) is 2.29. The summed E-state index contributed by atoms with van der Waals surface area (Å²) in [6, 6.07) is 5.83. The molecule has 5 nitrogen and oxygen atoms in total. The highest BCUT2D eigenvalue weighted by atomic mass is 16.7. The summed E-state index contributed by atoms with van der Waals surface area (Å²) < 4.78 is 11.8. The van der Waals surface area contributed by atoms with Crippen LogP contribution in [-0.4, -0.2) is 23.3 Å². The van der Waals surface area contributed by atoms with Crippen molar-refractivity contribution in [3.8, 4) is 12.1 Å². The summed E-state index contributed by atoms with van der Waals surface area (Å²) in [5.74, 6) is 0. The van der Waals surface area contributed by atoms with Crippen molar-refractivity contribution in [2.24, 2.45) is 0 Å². The van der Waals surface area contributed by atoms with Crippen molar-refractivity contribution < 1.29 is 9.31 Å². The fourth-order valence-corrected chi connectivity index (χ4v) is 2.01. The number of nitrogens with zero attached hydrogens (tertiary/aromatic N) is 3. The highest BCUT2D eigenvalue weighted by molar-refractivity contribution is 6.61. The molecule has 1 aliphatic rings. The largest absolute Gasteiger partial charge is 0.515 e. The lowest BCUT2D eigenvalue weighted by atomic mass is 9.79. The van der Waals surface area contributed by atoms with Crippen LogP contribution in [0.25, 0.3) is 0 Å². The summed E-state index contributed by atoms with van der Waals surface area (Å²) >= 11 is 0. The van der Waals surface area contributed by atoms with E-state index in [-0.39, 0.29) is 6.42 Å². The first-order chi connectivity index (χ1) is 9.32. The third-order valence-corrected chi connectivity index (χ3v) is 3.92. The molecule has 0 unspecified atom stereocenters. The lowest BCUT2D eigenvalue weighted by molar-refractivity contribution is 0.00578. The second-order valence-corrected chi connectivity index (χ2v) is 5.77. The van der Waals surface area contributed by atoms with Crippen molar-refractivity contribution in [1.82, 2.24) is 4.98 Å². The van der Waals surface area contributed by atoms with Crippen LogP contribution in [0, 0.1) is 22.7 Å². The minimum absolute atomic E-state index is 0.165. The van der Waals surface area contributed by atoms with Crippen molar-refractivity contribution in [1.29, 1.82) is 10.5 Å². The Morgan fingerprint density at radius 3 is 2.30 bits per heavy atom. The van der Waals surface area contributed by atoms with E-state index in [4.69, 9.17) is 14.6 Å². The van der Waals surface area contributed by atoms with Gasteiger partial charge in [-0.2, -0.15) is 10.5 Å². The number of pyridine rings is 1. The molecule has 1 saturated heterocycles. The zero-order valence-corrected chi connectivity index (χ0v) is 12.1. The molecule has 2 rings (SSSR count). The predicted molar refractivity (Wildman–Crippen MR) is 74.0 cm³/mol. The Morgan fingerprint density at radius 2 is 1.80 bits per heavy atom. The molecule has 0 aromatic carbocycles. The second kappa shape index (κ2) is 4.90. The van der Waals surface area contributed by atoms with Crippen LogP contribution in [0.1, 0.15) is 38.8 Å². The molecule has 2 heterocycles. The number of rotatable bonds is 2. The average molecular weight is 269 g/mol. The summed E-state index contributed by atoms with van der Waals surface area (Å²) in [5.41, 5.74) is 0.482. The molecule has 0 saturated carbocycles. The lowest BCUT2D eigenvalue weighted by Crippen LogP contribution is -2.41. The summed E-state index contributed by atoms with van der Waals surface area (Å²) in [5, 5.41) is 18.2. The van der Waals surface area contributed by atoms with E-state index in [1.807, 2.05) is 33.8 Å². The van der Waals surface area contributed by atoms with E-state index in [1.165, 1.54) is 0 Å². The van der Waals surface area contributed by atoms with Crippen LogP contribution >= 0.6 is 0 Å². The molecule has 20 heavy (non-hydrogen) atoms. The molecule has 0 radical (unpaired) electrons. The summed E-state index contributed by atoms with van der Waals surface area (Å²) in [7, 11) is -0.687. The molecule has 1 aromatic heterocycles. The van der Waals surface area contributed by atoms with Crippen molar-refractivity contribution in [2.75, 3.05) is 0 Å². The summed E-state index contributed by atoms with van der Waals surface area (Å²) in [6.07, 6.45) is 1.74. The van der Waals surface area contributed by atoms with Gasteiger partial charge < -0.3 is 9.31 Å². The van der Waals surface area contributed by atoms with E-state index in [0.717, 1.165) is 0 Å². The van der Waals surface area contributed by atoms with E-state index >= 15 is 0 Å². The molecule has 1 aliphatic heterocycles. The maximum absolute atomic E-state index is 9.34. The third-order valence-electron chi connectivity index (χ3n) is 3.92. The molecule has 0 aliphatic carbocycles. The Hall–Kier alpha value is -1.89. The van der Waals surface area contributed by atoms with Crippen molar-refractivity contribution in [3.63, 3.8) is 0 Å². The second-order valence-electron chi connectivity index (χ2n) is 5.77. The molecule has 0 N–H and O–H groups in total. The van der Waals surface area contributed by atoms with Crippen LogP contribution in [0.3, 0.4) is 0 Å². The molecule has 1 fully saturated rings. The molecule has 0 amide bonds. The van der Waals surface area contributed by atoms with Gasteiger partial charge in [0, 0.05) is 6.20 Å². The molecule has 0 atom stereocenters. The fraction of sp³-hybridized carbons (Fsp3) is 0.500. The van der Waals surface area contributed by atoms with Gasteiger partial charge in [0.25, 0.3) is 0 Å². The van der Waals surface area contributed by atoms with Gasteiger partial charge in [0.1, 0.15) is 6.07 Å². The number of hydrogen-bond donors (Lipinski definition) is 0. The van der Waals surface area contributed by atoms with Crippen LogP contribution in [0.2, 0.25) is 0 Å². The topological polar surface area (TPSA) is 78.9 Å². The highest BCUT2D eigenvalue weighted by Crippen LogP contribution is 2.36. The maximum atomic E-state index is 9.34. The van der Waals surface area contributed by atoms with E-state index in [9.17, 15) is 5.26 Å². The molecular weight excluding hydrogens is 253 g/mol. The van der Waals surface area contributed by atoms with E-state index in [2.05, 4.69) is 11.1 Å². The highest BCUT2D eigenvalue weighted by Gasteiger charge is 2.53. The van der Waals surface area contributed by atoms with Crippen LogP contribution in [0.5, 0.6) is 0 Å².